The number of rotatable bonds is 2. The van der Waals surface area contributed by atoms with E-state index in [2.05, 4.69) is 114 Å². The van der Waals surface area contributed by atoms with Crippen molar-refractivity contribution in [2.45, 2.75) is 52.4 Å². The normalized spacial score (nSPS) is 11.8. The molecule has 0 N–H and O–H groups in total. The van der Waals surface area contributed by atoms with Gasteiger partial charge in [-0.05, 0) is 44.2 Å². The van der Waals surface area contributed by atoms with Crippen molar-refractivity contribution >= 4 is 26.2 Å². The van der Waals surface area contributed by atoms with Crippen molar-refractivity contribution in [3.8, 4) is 22.3 Å². The van der Waals surface area contributed by atoms with Crippen LogP contribution in [0.25, 0.3) is 22.3 Å². The fourth-order valence-corrected chi connectivity index (χ4v) is 3.57. The maximum absolute atomic E-state index is 2.30. The summed E-state index contributed by atoms with van der Waals surface area (Å²) in [6.07, 6.45) is 0. The van der Waals surface area contributed by atoms with Gasteiger partial charge in [-0.3, -0.25) is 0 Å². The molecule has 0 spiro atoms. The van der Waals surface area contributed by atoms with E-state index in [9.17, 15) is 0 Å². The SMILES string of the molecule is CC(C)(C)c1cccc(C(C)(C)C)c1-c1ccc(-c2ccccc2)cc1.[Bi]. The van der Waals surface area contributed by atoms with Crippen molar-refractivity contribution in [2.75, 3.05) is 0 Å². The van der Waals surface area contributed by atoms with E-state index in [1.807, 2.05) is 0 Å². The molecule has 27 heavy (non-hydrogen) atoms. The molecule has 0 aliphatic carbocycles. The molecule has 0 bridgehead atoms. The Morgan fingerprint density at radius 3 is 1.30 bits per heavy atom. The smallest absolute Gasteiger partial charge is 0 e. The van der Waals surface area contributed by atoms with Crippen LogP contribution in [-0.4, -0.2) is 26.2 Å². The average molecular weight is 552 g/mol. The molecule has 0 aliphatic heterocycles. The van der Waals surface area contributed by atoms with Gasteiger partial charge in [-0.1, -0.05) is 114 Å². The molecule has 3 aromatic carbocycles. The van der Waals surface area contributed by atoms with Gasteiger partial charge < -0.3 is 0 Å². The summed E-state index contributed by atoms with van der Waals surface area (Å²) in [5, 5.41) is 0. The van der Waals surface area contributed by atoms with E-state index in [1.165, 1.54) is 33.4 Å². The van der Waals surface area contributed by atoms with Crippen molar-refractivity contribution in [3.63, 3.8) is 0 Å². The predicted octanol–water partition coefficient (Wildman–Crippen LogP) is 7.23. The summed E-state index contributed by atoms with van der Waals surface area (Å²) in [6.45, 7) is 13.8. The van der Waals surface area contributed by atoms with Gasteiger partial charge in [0.05, 0.1) is 0 Å². The van der Waals surface area contributed by atoms with E-state index >= 15 is 0 Å². The van der Waals surface area contributed by atoms with E-state index in [-0.39, 0.29) is 37.0 Å². The van der Waals surface area contributed by atoms with Gasteiger partial charge in [-0.15, -0.1) is 0 Å². The third-order valence-electron chi connectivity index (χ3n) is 4.96. The van der Waals surface area contributed by atoms with E-state index in [0.29, 0.717) is 0 Å². The number of hydrogen-bond donors (Lipinski definition) is 0. The molecule has 0 heterocycles. The van der Waals surface area contributed by atoms with Gasteiger partial charge in [0.2, 0.25) is 0 Å². The van der Waals surface area contributed by atoms with Gasteiger partial charge in [0.1, 0.15) is 0 Å². The Morgan fingerprint density at radius 2 is 0.852 bits per heavy atom. The summed E-state index contributed by atoms with van der Waals surface area (Å²) >= 11 is 0. The van der Waals surface area contributed by atoms with Crippen LogP contribution in [0.15, 0.2) is 72.8 Å². The second-order valence-electron chi connectivity index (χ2n) is 9.17. The van der Waals surface area contributed by atoms with Gasteiger partial charge in [0, 0.05) is 26.2 Å². The van der Waals surface area contributed by atoms with Crippen LogP contribution in [0.2, 0.25) is 0 Å². The minimum Gasteiger partial charge on any atom is -0.0622 e. The van der Waals surface area contributed by atoms with E-state index < -0.39 is 0 Å². The fraction of sp³-hybridized carbons (Fsp3) is 0.308. The molecule has 1 heteroatoms. The fourth-order valence-electron chi connectivity index (χ4n) is 3.57. The van der Waals surface area contributed by atoms with Crippen LogP contribution in [0.5, 0.6) is 0 Å². The summed E-state index contributed by atoms with van der Waals surface area (Å²) in [5.41, 5.74) is 8.27. The van der Waals surface area contributed by atoms with Crippen molar-refractivity contribution in [2.24, 2.45) is 0 Å². The molecular weight excluding hydrogens is 521 g/mol. The summed E-state index contributed by atoms with van der Waals surface area (Å²) in [5.74, 6) is 0. The second-order valence-corrected chi connectivity index (χ2v) is 9.17. The van der Waals surface area contributed by atoms with E-state index in [1.54, 1.807) is 0 Å². The number of benzene rings is 3. The van der Waals surface area contributed by atoms with Gasteiger partial charge in [0.15, 0.2) is 0 Å². The maximum Gasteiger partial charge on any atom is 0 e. The van der Waals surface area contributed by atoms with Gasteiger partial charge >= 0.3 is 0 Å². The Bertz CT molecular complexity index is 844. The van der Waals surface area contributed by atoms with Crippen molar-refractivity contribution in [1.29, 1.82) is 0 Å². The van der Waals surface area contributed by atoms with Crippen molar-refractivity contribution in [3.05, 3.63) is 83.9 Å². The molecule has 139 valence electrons. The summed E-state index contributed by atoms with van der Waals surface area (Å²) in [7, 11) is 0. The van der Waals surface area contributed by atoms with Crippen LogP contribution in [-0.2, 0) is 10.8 Å². The topological polar surface area (TPSA) is 0 Å². The third-order valence-corrected chi connectivity index (χ3v) is 4.96. The molecule has 0 aromatic heterocycles. The molecule has 0 aliphatic rings. The zero-order valence-corrected chi connectivity index (χ0v) is 20.9. The molecule has 3 rings (SSSR count). The largest absolute Gasteiger partial charge is 0.0622 e. The standard InChI is InChI=1S/C26H30.Bi/c1-25(2,3)22-13-10-14-23(26(4,5)6)24(22)21-17-15-20(16-18-21)19-11-8-7-9-12-19;/h7-18H,1-6H3;. The summed E-state index contributed by atoms with van der Waals surface area (Å²) in [6, 6.07) is 26.4. The van der Waals surface area contributed by atoms with Crippen molar-refractivity contribution < 1.29 is 0 Å². The first kappa shape index (κ1) is 21.8. The van der Waals surface area contributed by atoms with E-state index in [0.717, 1.165) is 0 Å². The Labute approximate surface area is 184 Å². The van der Waals surface area contributed by atoms with E-state index in [4.69, 9.17) is 0 Å². The molecule has 0 saturated heterocycles. The summed E-state index contributed by atoms with van der Waals surface area (Å²) in [4.78, 5) is 0. The predicted molar refractivity (Wildman–Crippen MR) is 120 cm³/mol. The minimum atomic E-state index is 0. The zero-order valence-electron chi connectivity index (χ0n) is 17.4. The van der Waals surface area contributed by atoms with Crippen LogP contribution < -0.4 is 0 Å². The Balaban J connectivity index is 0.00000261. The Hall–Kier alpha value is -1.46. The van der Waals surface area contributed by atoms with Gasteiger partial charge in [-0.2, -0.15) is 0 Å². The minimum absolute atomic E-state index is 0. The van der Waals surface area contributed by atoms with Crippen LogP contribution >= 0.6 is 0 Å². The zero-order chi connectivity index (χ0) is 18.9. The Kier molecular flexibility index (Phi) is 6.69. The molecular formula is C26H30Bi. The molecule has 0 fully saturated rings. The third kappa shape index (κ3) is 4.88. The van der Waals surface area contributed by atoms with Crippen LogP contribution in [0.1, 0.15) is 52.7 Å². The first-order chi connectivity index (χ1) is 12.2. The molecule has 0 unspecified atom stereocenters. The average Bonchev–Trinajstić information content (AvgIpc) is 2.60. The maximum atomic E-state index is 2.30. The first-order valence-corrected chi connectivity index (χ1v) is 9.48. The Morgan fingerprint density at radius 1 is 0.444 bits per heavy atom. The monoisotopic (exact) mass is 551 g/mol. The van der Waals surface area contributed by atoms with Crippen LogP contribution in [0.4, 0.5) is 0 Å². The molecule has 3 aromatic rings. The molecule has 0 nitrogen and oxygen atoms in total. The van der Waals surface area contributed by atoms with Gasteiger partial charge in [-0.25, -0.2) is 0 Å². The van der Waals surface area contributed by atoms with Crippen LogP contribution in [0.3, 0.4) is 0 Å². The second kappa shape index (κ2) is 8.28. The molecule has 0 amide bonds. The van der Waals surface area contributed by atoms with Gasteiger partial charge in [0.25, 0.3) is 0 Å². The van der Waals surface area contributed by atoms with Crippen LogP contribution in [0, 0.1) is 0 Å². The van der Waals surface area contributed by atoms with Crippen molar-refractivity contribution in [1.82, 2.24) is 0 Å². The number of hydrogen-bond acceptors (Lipinski definition) is 0. The molecule has 3 radical (unpaired) electrons. The quantitative estimate of drug-likeness (QED) is 0.295. The molecule has 0 atom stereocenters. The summed E-state index contributed by atoms with van der Waals surface area (Å²) < 4.78 is 0. The molecule has 0 saturated carbocycles. The first-order valence-electron chi connectivity index (χ1n) is 9.48.